The fourth-order valence-electron chi connectivity index (χ4n) is 4.22. The molecule has 0 amide bonds. The monoisotopic (exact) mass is 468 g/mol. The van der Waals surface area contributed by atoms with Crippen molar-refractivity contribution in [2.24, 2.45) is 11.8 Å². The second-order valence-electron chi connectivity index (χ2n) is 9.65. The van der Waals surface area contributed by atoms with Crippen molar-refractivity contribution in [1.82, 2.24) is 0 Å². The molecule has 3 aromatic rings. The topological polar surface area (TPSA) is 114 Å². The molecule has 0 unspecified atom stereocenters. The third-order valence-electron chi connectivity index (χ3n) is 5.92. The third kappa shape index (κ3) is 4.93. The minimum absolute atomic E-state index is 0.0196. The fraction of sp³-hybridized carbons (Fsp3) is 0.444. The van der Waals surface area contributed by atoms with E-state index < -0.39 is 16.8 Å². The van der Waals surface area contributed by atoms with Gasteiger partial charge in [-0.1, -0.05) is 27.7 Å². The maximum atomic E-state index is 13.5. The molecule has 0 radical (unpaired) electrons. The maximum absolute atomic E-state index is 13.5. The Bertz CT molecular complexity index is 1420. The summed E-state index contributed by atoms with van der Waals surface area (Å²) < 4.78 is 11.2. The lowest BCUT2D eigenvalue weighted by Crippen LogP contribution is -2.30. The van der Waals surface area contributed by atoms with E-state index in [1.807, 2.05) is 27.7 Å². The molecule has 7 nitrogen and oxygen atoms in total. The van der Waals surface area contributed by atoms with E-state index in [4.69, 9.17) is 9.15 Å². The Labute approximate surface area is 197 Å². The maximum Gasteiger partial charge on any atom is 0.308 e. The zero-order chi connectivity index (χ0) is 25.3. The van der Waals surface area contributed by atoms with Gasteiger partial charge in [0, 0.05) is 24.6 Å². The first-order valence-corrected chi connectivity index (χ1v) is 11.6. The van der Waals surface area contributed by atoms with E-state index in [-0.39, 0.29) is 50.0 Å². The molecule has 0 fully saturated rings. The molecule has 2 N–H and O–H groups in total. The Morgan fingerprint density at radius 1 is 0.941 bits per heavy atom. The normalized spacial score (nSPS) is 12.7. The number of esters is 1. The van der Waals surface area contributed by atoms with Crippen LogP contribution >= 0.6 is 0 Å². The molecule has 0 aliphatic rings. The fourth-order valence-corrected chi connectivity index (χ4v) is 4.22. The zero-order valence-corrected chi connectivity index (χ0v) is 20.6. The average Bonchev–Trinajstić information content (AvgIpc) is 2.69. The van der Waals surface area contributed by atoms with E-state index in [0.717, 1.165) is 0 Å². The number of fused-ring (bicyclic) bond motifs is 2. The van der Waals surface area contributed by atoms with Crippen LogP contribution in [-0.2, 0) is 17.6 Å². The second kappa shape index (κ2) is 9.87. The summed E-state index contributed by atoms with van der Waals surface area (Å²) in [6.07, 6.45) is 2.15. The van der Waals surface area contributed by atoms with Gasteiger partial charge in [0.1, 0.15) is 33.8 Å². The molecule has 0 aliphatic heterocycles. The molecule has 0 bridgehead atoms. The number of carbonyl (C=O) groups is 1. The molecule has 0 saturated heterocycles. The van der Waals surface area contributed by atoms with Crippen LogP contribution in [0.2, 0.25) is 0 Å². The molecule has 34 heavy (non-hydrogen) atoms. The summed E-state index contributed by atoms with van der Waals surface area (Å²) in [6, 6.07) is 2.62. The minimum Gasteiger partial charge on any atom is -0.512 e. The number of benzene rings is 2. The van der Waals surface area contributed by atoms with Crippen LogP contribution in [0.3, 0.4) is 0 Å². The van der Waals surface area contributed by atoms with E-state index in [0.29, 0.717) is 43.1 Å². The SMILES string of the molecule is CC(=O)Oc1cc2oc3cc(=O)/c(=C(\C)O)c(CCC(C)C)c3c(O)c2c(=O)c1CCC(C)C. The van der Waals surface area contributed by atoms with Crippen molar-refractivity contribution in [3.05, 3.63) is 48.9 Å². The van der Waals surface area contributed by atoms with E-state index in [2.05, 4.69) is 0 Å². The van der Waals surface area contributed by atoms with Crippen molar-refractivity contribution in [1.29, 1.82) is 0 Å². The molecule has 1 heterocycles. The molecule has 0 saturated carbocycles. The highest BCUT2D eigenvalue weighted by atomic mass is 16.5. The lowest BCUT2D eigenvalue weighted by molar-refractivity contribution is -0.131. The first-order chi connectivity index (χ1) is 15.9. The van der Waals surface area contributed by atoms with Crippen LogP contribution in [0.1, 0.15) is 65.5 Å². The summed E-state index contributed by atoms with van der Waals surface area (Å²) in [5, 5.41) is 21.9. The first-order valence-electron chi connectivity index (χ1n) is 11.6. The number of aliphatic hydroxyl groups excluding tert-OH is 1. The Kier molecular flexibility index (Phi) is 7.34. The number of carbonyl (C=O) groups excluding carboxylic acids is 1. The number of rotatable bonds is 7. The zero-order valence-electron chi connectivity index (χ0n) is 20.6. The van der Waals surface area contributed by atoms with E-state index in [1.165, 1.54) is 26.0 Å². The van der Waals surface area contributed by atoms with Crippen molar-refractivity contribution in [3.63, 3.8) is 0 Å². The van der Waals surface area contributed by atoms with E-state index >= 15 is 0 Å². The predicted octanol–water partition coefficient (Wildman–Crippen LogP) is 4.52. The predicted molar refractivity (Wildman–Crippen MR) is 132 cm³/mol. The first kappa shape index (κ1) is 25.3. The van der Waals surface area contributed by atoms with Crippen LogP contribution < -0.4 is 20.8 Å². The van der Waals surface area contributed by atoms with Crippen LogP contribution in [-0.4, -0.2) is 16.2 Å². The van der Waals surface area contributed by atoms with Crippen LogP contribution in [0.25, 0.3) is 27.7 Å². The van der Waals surface area contributed by atoms with Crippen LogP contribution in [0.5, 0.6) is 11.5 Å². The lowest BCUT2D eigenvalue weighted by atomic mass is 9.94. The Morgan fingerprint density at radius 3 is 2.03 bits per heavy atom. The Morgan fingerprint density at radius 2 is 1.50 bits per heavy atom. The van der Waals surface area contributed by atoms with Gasteiger partial charge in [0.2, 0.25) is 0 Å². The molecular formula is C27H32O7. The molecular weight excluding hydrogens is 436 g/mol. The van der Waals surface area contributed by atoms with Gasteiger partial charge in [0.25, 0.3) is 0 Å². The van der Waals surface area contributed by atoms with Crippen LogP contribution in [0.15, 0.2) is 26.1 Å². The highest BCUT2D eigenvalue weighted by Gasteiger charge is 2.23. The molecule has 0 atom stereocenters. The van der Waals surface area contributed by atoms with Crippen molar-refractivity contribution < 1.29 is 24.2 Å². The van der Waals surface area contributed by atoms with Crippen molar-refractivity contribution in [2.45, 2.75) is 67.2 Å². The largest absolute Gasteiger partial charge is 0.512 e. The van der Waals surface area contributed by atoms with Crippen molar-refractivity contribution in [2.75, 3.05) is 0 Å². The summed E-state index contributed by atoms with van der Waals surface area (Å²) in [6.45, 7) is 10.8. The van der Waals surface area contributed by atoms with E-state index in [1.54, 1.807) is 0 Å². The quantitative estimate of drug-likeness (QED) is 0.298. The highest BCUT2D eigenvalue weighted by molar-refractivity contribution is 6.01. The number of hydrogen-bond donors (Lipinski definition) is 2. The van der Waals surface area contributed by atoms with Gasteiger partial charge in [-0.05, 0) is 50.0 Å². The molecule has 0 spiro atoms. The van der Waals surface area contributed by atoms with E-state index in [9.17, 15) is 24.6 Å². The molecule has 7 heteroatoms. The average molecular weight is 469 g/mol. The summed E-state index contributed by atoms with van der Waals surface area (Å²) in [7, 11) is 0. The van der Waals surface area contributed by atoms with Gasteiger partial charge < -0.3 is 19.4 Å². The molecule has 3 rings (SSSR count). The van der Waals surface area contributed by atoms with Gasteiger partial charge in [-0.3, -0.25) is 14.4 Å². The lowest BCUT2D eigenvalue weighted by Gasteiger charge is -2.15. The van der Waals surface area contributed by atoms with Gasteiger partial charge in [-0.25, -0.2) is 0 Å². The molecule has 1 aromatic heterocycles. The van der Waals surface area contributed by atoms with Gasteiger partial charge in [0.05, 0.1) is 10.6 Å². The van der Waals surface area contributed by atoms with Crippen molar-refractivity contribution in [3.8, 4) is 11.5 Å². The second-order valence-corrected chi connectivity index (χ2v) is 9.65. The number of aromatic hydroxyl groups is 1. The number of hydrogen-bond acceptors (Lipinski definition) is 7. The number of ether oxygens (including phenoxy) is 1. The van der Waals surface area contributed by atoms with Gasteiger partial charge >= 0.3 is 5.97 Å². The Balaban J connectivity index is 2.48. The summed E-state index contributed by atoms with van der Waals surface area (Å²) in [4.78, 5) is 38.0. The molecule has 0 aliphatic carbocycles. The summed E-state index contributed by atoms with van der Waals surface area (Å²) in [5.41, 5.74) is -0.0650. The summed E-state index contributed by atoms with van der Waals surface area (Å²) >= 11 is 0. The molecule has 182 valence electrons. The standard InChI is InChI=1S/C27H32O7/c1-13(2)7-9-17-20(33-16(6)29)12-22-25(26(17)31)27(32)24-18(10-8-14(3)4)23(15(5)28)19(30)11-21(24)34-22/h11-14,28,32H,7-10H2,1-6H3/b23-15+. The molecule has 2 aromatic carbocycles. The van der Waals surface area contributed by atoms with Crippen LogP contribution in [0.4, 0.5) is 0 Å². The van der Waals surface area contributed by atoms with Gasteiger partial charge in [-0.2, -0.15) is 0 Å². The smallest absolute Gasteiger partial charge is 0.308 e. The number of aliphatic hydroxyl groups is 1. The van der Waals surface area contributed by atoms with Gasteiger partial charge in [0.15, 0.2) is 10.9 Å². The van der Waals surface area contributed by atoms with Gasteiger partial charge in [-0.15, -0.1) is 0 Å². The summed E-state index contributed by atoms with van der Waals surface area (Å²) in [5.74, 6) is -0.338. The van der Waals surface area contributed by atoms with Crippen molar-refractivity contribution >= 4 is 33.7 Å². The van der Waals surface area contributed by atoms with Crippen LogP contribution in [0, 0.1) is 11.8 Å². The highest BCUT2D eigenvalue weighted by Crippen LogP contribution is 2.36. The minimum atomic E-state index is -0.578. The number of aryl methyl sites for hydroxylation is 1. The Hall–Kier alpha value is -3.35. The third-order valence-corrected chi connectivity index (χ3v) is 5.92.